The Labute approximate surface area is 122 Å². The molecule has 0 bridgehead atoms. The molecule has 0 saturated carbocycles. The third-order valence-corrected chi connectivity index (χ3v) is 3.18. The first-order valence-electron chi connectivity index (χ1n) is 6.48. The van der Waals surface area contributed by atoms with Gasteiger partial charge in [0.2, 0.25) is 0 Å². The topological polar surface area (TPSA) is 50.1 Å². The molecule has 3 aromatic carbocycles. The molecule has 0 spiro atoms. The molecule has 3 nitrogen and oxygen atoms in total. The number of nitrogens with zero attached hydrogens (tertiary/aromatic N) is 1. The van der Waals surface area contributed by atoms with Crippen molar-refractivity contribution in [3.63, 3.8) is 0 Å². The number of esters is 1. The van der Waals surface area contributed by atoms with Crippen LogP contribution in [0.4, 0.5) is 0 Å². The summed E-state index contributed by atoms with van der Waals surface area (Å²) in [6.45, 7) is 0. The summed E-state index contributed by atoms with van der Waals surface area (Å²) in [7, 11) is 0. The second-order valence-electron chi connectivity index (χ2n) is 4.56. The molecule has 3 rings (SSSR count). The van der Waals surface area contributed by atoms with Crippen molar-refractivity contribution in [1.29, 1.82) is 5.26 Å². The van der Waals surface area contributed by atoms with E-state index in [1.807, 2.05) is 42.5 Å². The van der Waals surface area contributed by atoms with Crippen LogP contribution in [0.3, 0.4) is 0 Å². The Morgan fingerprint density at radius 3 is 2.57 bits per heavy atom. The average Bonchev–Trinajstić information content (AvgIpc) is 2.54. The number of carbonyl (C=O) groups excluding carboxylic acids is 1. The van der Waals surface area contributed by atoms with E-state index >= 15 is 0 Å². The number of ether oxygens (including phenoxy) is 1. The monoisotopic (exact) mass is 273 g/mol. The van der Waals surface area contributed by atoms with Crippen LogP contribution < -0.4 is 4.74 Å². The van der Waals surface area contributed by atoms with Gasteiger partial charge in [-0.15, -0.1) is 0 Å². The third kappa shape index (κ3) is 2.60. The zero-order valence-corrected chi connectivity index (χ0v) is 11.1. The number of hydrogen-bond donors (Lipinski definition) is 0. The molecule has 0 radical (unpaired) electrons. The minimum Gasteiger partial charge on any atom is -0.423 e. The van der Waals surface area contributed by atoms with Gasteiger partial charge in [-0.1, -0.05) is 42.5 Å². The van der Waals surface area contributed by atoms with Crippen LogP contribution in [0.25, 0.3) is 10.8 Å². The van der Waals surface area contributed by atoms with Crippen LogP contribution in [0.5, 0.6) is 5.75 Å². The maximum absolute atomic E-state index is 12.3. The quantitative estimate of drug-likeness (QED) is 0.525. The third-order valence-electron chi connectivity index (χ3n) is 3.18. The summed E-state index contributed by atoms with van der Waals surface area (Å²) in [6.07, 6.45) is 0. The van der Waals surface area contributed by atoms with E-state index in [0.717, 1.165) is 10.8 Å². The number of rotatable bonds is 2. The van der Waals surface area contributed by atoms with Crippen LogP contribution in [-0.2, 0) is 0 Å². The van der Waals surface area contributed by atoms with E-state index in [0.29, 0.717) is 16.9 Å². The highest BCUT2D eigenvalue weighted by Crippen LogP contribution is 2.21. The largest absolute Gasteiger partial charge is 0.423 e. The molecule has 0 aromatic heterocycles. The smallest absolute Gasteiger partial charge is 0.344 e. The van der Waals surface area contributed by atoms with E-state index in [2.05, 4.69) is 0 Å². The standard InChI is InChI=1S/C18H11NO2/c19-12-13-5-3-8-15(11-13)21-18(20)17-10-4-7-14-6-1-2-9-16(14)17/h1-11H. The van der Waals surface area contributed by atoms with Crippen LogP contribution in [0, 0.1) is 11.3 Å². The van der Waals surface area contributed by atoms with Gasteiger partial charge in [0.25, 0.3) is 0 Å². The summed E-state index contributed by atoms with van der Waals surface area (Å²) in [6, 6.07) is 21.7. The molecule has 0 heterocycles. The van der Waals surface area contributed by atoms with Crippen LogP contribution in [0.1, 0.15) is 15.9 Å². The highest BCUT2D eigenvalue weighted by molar-refractivity contribution is 6.05. The van der Waals surface area contributed by atoms with Gasteiger partial charge in [0.05, 0.1) is 17.2 Å². The van der Waals surface area contributed by atoms with Crippen LogP contribution >= 0.6 is 0 Å². The van der Waals surface area contributed by atoms with E-state index in [9.17, 15) is 4.79 Å². The molecular weight excluding hydrogens is 262 g/mol. The lowest BCUT2D eigenvalue weighted by Crippen LogP contribution is -2.09. The zero-order chi connectivity index (χ0) is 14.7. The minimum atomic E-state index is -0.429. The fourth-order valence-corrected chi connectivity index (χ4v) is 2.19. The van der Waals surface area contributed by atoms with E-state index in [-0.39, 0.29) is 0 Å². The molecular formula is C18H11NO2. The van der Waals surface area contributed by atoms with Gasteiger partial charge in [0, 0.05) is 0 Å². The molecule has 100 valence electrons. The molecule has 0 saturated heterocycles. The van der Waals surface area contributed by atoms with E-state index in [1.165, 1.54) is 0 Å². The molecule has 0 amide bonds. The lowest BCUT2D eigenvalue weighted by molar-refractivity contribution is 0.0737. The Morgan fingerprint density at radius 2 is 1.71 bits per heavy atom. The summed E-state index contributed by atoms with van der Waals surface area (Å²) < 4.78 is 5.36. The van der Waals surface area contributed by atoms with Crippen LogP contribution in [-0.4, -0.2) is 5.97 Å². The average molecular weight is 273 g/mol. The normalized spacial score (nSPS) is 10.0. The molecule has 3 heteroatoms. The van der Waals surface area contributed by atoms with Gasteiger partial charge in [-0.3, -0.25) is 0 Å². The molecule has 0 unspecified atom stereocenters. The van der Waals surface area contributed by atoms with E-state index < -0.39 is 5.97 Å². The SMILES string of the molecule is N#Cc1cccc(OC(=O)c2cccc3ccccc23)c1. The van der Waals surface area contributed by atoms with Crippen molar-refractivity contribution >= 4 is 16.7 Å². The van der Waals surface area contributed by atoms with Crippen molar-refractivity contribution < 1.29 is 9.53 Å². The second kappa shape index (κ2) is 5.48. The molecule has 0 aliphatic rings. The van der Waals surface area contributed by atoms with Crippen molar-refractivity contribution in [2.24, 2.45) is 0 Å². The van der Waals surface area contributed by atoms with Gasteiger partial charge in [-0.2, -0.15) is 5.26 Å². The van der Waals surface area contributed by atoms with E-state index in [4.69, 9.17) is 10.00 Å². The number of fused-ring (bicyclic) bond motifs is 1. The van der Waals surface area contributed by atoms with Crippen molar-refractivity contribution in [1.82, 2.24) is 0 Å². The summed E-state index contributed by atoms with van der Waals surface area (Å²) in [5.74, 6) is -0.0612. The lowest BCUT2D eigenvalue weighted by Gasteiger charge is -2.07. The Morgan fingerprint density at radius 1 is 0.952 bits per heavy atom. The molecule has 0 aliphatic carbocycles. The molecule has 0 aliphatic heterocycles. The van der Waals surface area contributed by atoms with Crippen molar-refractivity contribution in [3.8, 4) is 11.8 Å². The molecule has 0 N–H and O–H groups in total. The molecule has 0 atom stereocenters. The lowest BCUT2D eigenvalue weighted by atomic mass is 10.0. The first kappa shape index (κ1) is 12.9. The highest BCUT2D eigenvalue weighted by Gasteiger charge is 2.12. The maximum atomic E-state index is 12.3. The summed E-state index contributed by atoms with van der Waals surface area (Å²) in [5, 5.41) is 10.7. The van der Waals surface area contributed by atoms with Crippen molar-refractivity contribution in [2.45, 2.75) is 0 Å². The molecule has 21 heavy (non-hydrogen) atoms. The van der Waals surface area contributed by atoms with Gasteiger partial charge < -0.3 is 4.74 Å². The molecule has 3 aromatic rings. The second-order valence-corrected chi connectivity index (χ2v) is 4.56. The fraction of sp³-hybridized carbons (Fsp3) is 0. The highest BCUT2D eigenvalue weighted by atomic mass is 16.5. The Kier molecular flexibility index (Phi) is 3.36. The minimum absolute atomic E-state index is 0.368. The fourth-order valence-electron chi connectivity index (χ4n) is 2.19. The maximum Gasteiger partial charge on any atom is 0.344 e. The Bertz CT molecular complexity index is 857. The molecule has 0 fully saturated rings. The summed E-state index contributed by atoms with van der Waals surface area (Å²) in [4.78, 5) is 12.3. The Balaban J connectivity index is 1.96. The van der Waals surface area contributed by atoms with Gasteiger partial charge in [0.1, 0.15) is 5.75 Å². The zero-order valence-electron chi connectivity index (χ0n) is 11.1. The first-order valence-corrected chi connectivity index (χ1v) is 6.48. The van der Waals surface area contributed by atoms with Gasteiger partial charge >= 0.3 is 5.97 Å². The van der Waals surface area contributed by atoms with E-state index in [1.54, 1.807) is 30.3 Å². The Hall–Kier alpha value is -3.12. The predicted molar refractivity (Wildman–Crippen MR) is 80.1 cm³/mol. The summed E-state index contributed by atoms with van der Waals surface area (Å²) in [5.41, 5.74) is 0.966. The number of nitriles is 1. The van der Waals surface area contributed by atoms with Crippen LogP contribution in [0.15, 0.2) is 66.7 Å². The van der Waals surface area contributed by atoms with Crippen LogP contribution in [0.2, 0.25) is 0 Å². The van der Waals surface area contributed by atoms with Gasteiger partial charge in [-0.05, 0) is 35.0 Å². The number of hydrogen-bond acceptors (Lipinski definition) is 3. The number of benzene rings is 3. The van der Waals surface area contributed by atoms with Crippen molar-refractivity contribution in [3.05, 3.63) is 77.9 Å². The predicted octanol–water partition coefficient (Wildman–Crippen LogP) is 3.93. The summed E-state index contributed by atoms with van der Waals surface area (Å²) >= 11 is 0. The van der Waals surface area contributed by atoms with Gasteiger partial charge in [0.15, 0.2) is 0 Å². The van der Waals surface area contributed by atoms with Crippen molar-refractivity contribution in [2.75, 3.05) is 0 Å². The number of carbonyl (C=O) groups is 1. The van der Waals surface area contributed by atoms with Gasteiger partial charge in [-0.25, -0.2) is 4.79 Å². The first-order chi connectivity index (χ1) is 10.3.